The minimum atomic E-state index is 0.747. The van der Waals surface area contributed by atoms with E-state index in [1.807, 2.05) is 0 Å². The fourth-order valence-electron chi connectivity index (χ4n) is 1.86. The van der Waals surface area contributed by atoms with Gasteiger partial charge in [0.15, 0.2) is 0 Å². The molecule has 102 valence electrons. The zero-order valence-corrected chi connectivity index (χ0v) is 11.9. The Hall–Kier alpha value is -0.860. The van der Waals surface area contributed by atoms with E-state index >= 15 is 0 Å². The van der Waals surface area contributed by atoms with Crippen LogP contribution in [0, 0.1) is 0 Å². The highest BCUT2D eigenvalue weighted by Gasteiger charge is 1.96. The van der Waals surface area contributed by atoms with Crippen molar-refractivity contribution in [1.82, 2.24) is 5.32 Å². The van der Waals surface area contributed by atoms with Gasteiger partial charge in [0, 0.05) is 6.61 Å². The first-order valence-electron chi connectivity index (χ1n) is 7.23. The van der Waals surface area contributed by atoms with Crippen molar-refractivity contribution < 1.29 is 4.74 Å². The Morgan fingerprint density at radius 1 is 1.00 bits per heavy atom. The van der Waals surface area contributed by atoms with E-state index in [1.165, 1.54) is 30.4 Å². The van der Waals surface area contributed by atoms with Crippen molar-refractivity contribution in [3.8, 4) is 0 Å². The standard InChI is InChI=1S/C16H27NO/c1-3-5-6-13-18-14-16-9-7-15(8-10-16)11-12-17-4-2/h7-10,17H,3-6,11-14H2,1-2H3. The van der Waals surface area contributed by atoms with Gasteiger partial charge in [0.2, 0.25) is 0 Å². The second-order valence-electron chi connectivity index (χ2n) is 4.68. The van der Waals surface area contributed by atoms with Gasteiger partial charge >= 0.3 is 0 Å². The predicted octanol–water partition coefficient (Wildman–Crippen LogP) is 3.55. The van der Waals surface area contributed by atoms with E-state index in [0.717, 1.165) is 32.7 Å². The molecule has 0 atom stereocenters. The smallest absolute Gasteiger partial charge is 0.0716 e. The average molecular weight is 249 g/mol. The van der Waals surface area contributed by atoms with Gasteiger partial charge in [0.1, 0.15) is 0 Å². The van der Waals surface area contributed by atoms with Crippen LogP contribution in [0.25, 0.3) is 0 Å². The molecule has 1 aromatic rings. The monoisotopic (exact) mass is 249 g/mol. The Morgan fingerprint density at radius 2 is 1.72 bits per heavy atom. The zero-order chi connectivity index (χ0) is 13.1. The number of unbranched alkanes of at least 4 members (excludes halogenated alkanes) is 2. The first kappa shape index (κ1) is 15.2. The lowest BCUT2D eigenvalue weighted by molar-refractivity contribution is 0.117. The molecule has 0 aliphatic rings. The van der Waals surface area contributed by atoms with Crippen LogP contribution < -0.4 is 5.32 Å². The molecule has 0 aliphatic carbocycles. The van der Waals surface area contributed by atoms with E-state index in [4.69, 9.17) is 4.74 Å². The van der Waals surface area contributed by atoms with Crippen molar-refractivity contribution in [2.75, 3.05) is 19.7 Å². The van der Waals surface area contributed by atoms with Gasteiger partial charge in [0.25, 0.3) is 0 Å². The van der Waals surface area contributed by atoms with Crippen LogP contribution in [0.4, 0.5) is 0 Å². The number of rotatable bonds is 10. The molecule has 0 fully saturated rings. The number of nitrogens with one attached hydrogen (secondary N) is 1. The Bertz CT molecular complexity index is 294. The van der Waals surface area contributed by atoms with Gasteiger partial charge in [-0.3, -0.25) is 0 Å². The summed E-state index contributed by atoms with van der Waals surface area (Å²) in [4.78, 5) is 0. The average Bonchev–Trinajstić information content (AvgIpc) is 2.40. The van der Waals surface area contributed by atoms with Crippen LogP contribution in [0.2, 0.25) is 0 Å². The highest BCUT2D eigenvalue weighted by atomic mass is 16.5. The first-order valence-corrected chi connectivity index (χ1v) is 7.23. The van der Waals surface area contributed by atoms with Crippen molar-refractivity contribution in [2.24, 2.45) is 0 Å². The summed E-state index contributed by atoms with van der Waals surface area (Å²) in [5.74, 6) is 0. The molecule has 0 saturated carbocycles. The van der Waals surface area contributed by atoms with Crippen LogP contribution in [0.1, 0.15) is 44.2 Å². The van der Waals surface area contributed by atoms with Crippen molar-refractivity contribution in [1.29, 1.82) is 0 Å². The summed E-state index contributed by atoms with van der Waals surface area (Å²) in [6, 6.07) is 8.78. The Kier molecular flexibility index (Phi) is 8.53. The molecule has 0 aromatic heterocycles. The van der Waals surface area contributed by atoms with Crippen molar-refractivity contribution in [2.45, 2.75) is 46.1 Å². The highest BCUT2D eigenvalue weighted by molar-refractivity contribution is 5.22. The minimum Gasteiger partial charge on any atom is -0.377 e. The molecule has 0 bridgehead atoms. The SMILES string of the molecule is CCCCCOCc1ccc(CCNCC)cc1. The summed E-state index contributed by atoms with van der Waals surface area (Å²) >= 11 is 0. The quantitative estimate of drug-likeness (QED) is 0.640. The highest BCUT2D eigenvalue weighted by Crippen LogP contribution is 2.07. The molecule has 0 radical (unpaired) electrons. The fourth-order valence-corrected chi connectivity index (χ4v) is 1.86. The normalized spacial score (nSPS) is 10.8. The Labute approximate surface area is 112 Å². The molecule has 0 spiro atoms. The Balaban J connectivity index is 2.19. The summed E-state index contributed by atoms with van der Waals surface area (Å²) in [5.41, 5.74) is 2.67. The van der Waals surface area contributed by atoms with Crippen LogP contribution >= 0.6 is 0 Å². The molecule has 1 rings (SSSR count). The molecular formula is C16H27NO. The van der Waals surface area contributed by atoms with Gasteiger partial charge < -0.3 is 10.1 Å². The van der Waals surface area contributed by atoms with Crippen LogP contribution in [-0.2, 0) is 17.8 Å². The molecule has 18 heavy (non-hydrogen) atoms. The second kappa shape index (κ2) is 10.1. The number of hydrogen-bond donors (Lipinski definition) is 1. The van der Waals surface area contributed by atoms with E-state index in [9.17, 15) is 0 Å². The van der Waals surface area contributed by atoms with E-state index in [0.29, 0.717) is 0 Å². The number of likely N-dealkylation sites (N-methyl/N-ethyl adjacent to an activating group) is 1. The van der Waals surface area contributed by atoms with Crippen LogP contribution in [0.5, 0.6) is 0 Å². The van der Waals surface area contributed by atoms with Crippen LogP contribution in [0.15, 0.2) is 24.3 Å². The van der Waals surface area contributed by atoms with Gasteiger partial charge in [0.05, 0.1) is 6.61 Å². The Morgan fingerprint density at radius 3 is 2.39 bits per heavy atom. The lowest BCUT2D eigenvalue weighted by atomic mass is 10.1. The van der Waals surface area contributed by atoms with E-state index in [1.54, 1.807) is 0 Å². The van der Waals surface area contributed by atoms with E-state index < -0.39 is 0 Å². The second-order valence-corrected chi connectivity index (χ2v) is 4.68. The summed E-state index contributed by atoms with van der Waals surface area (Å²) in [6.07, 6.45) is 4.80. The lowest BCUT2D eigenvalue weighted by Crippen LogP contribution is -2.15. The third-order valence-corrected chi connectivity index (χ3v) is 3.02. The molecule has 0 unspecified atom stereocenters. The van der Waals surface area contributed by atoms with Gasteiger partial charge in [-0.05, 0) is 37.1 Å². The summed E-state index contributed by atoms with van der Waals surface area (Å²) in [6.45, 7) is 8.09. The first-order chi connectivity index (χ1) is 8.86. The summed E-state index contributed by atoms with van der Waals surface area (Å²) in [7, 11) is 0. The molecule has 2 nitrogen and oxygen atoms in total. The number of benzene rings is 1. The maximum absolute atomic E-state index is 5.65. The molecule has 0 amide bonds. The van der Waals surface area contributed by atoms with Crippen LogP contribution in [0.3, 0.4) is 0 Å². The maximum Gasteiger partial charge on any atom is 0.0716 e. The summed E-state index contributed by atoms with van der Waals surface area (Å²) < 4.78 is 5.65. The topological polar surface area (TPSA) is 21.3 Å². The van der Waals surface area contributed by atoms with Crippen LogP contribution in [-0.4, -0.2) is 19.7 Å². The van der Waals surface area contributed by atoms with Crippen molar-refractivity contribution in [3.63, 3.8) is 0 Å². The number of hydrogen-bond acceptors (Lipinski definition) is 2. The number of ether oxygens (including phenoxy) is 1. The third-order valence-electron chi connectivity index (χ3n) is 3.02. The third kappa shape index (κ3) is 6.77. The van der Waals surface area contributed by atoms with Gasteiger partial charge in [-0.25, -0.2) is 0 Å². The van der Waals surface area contributed by atoms with Crippen molar-refractivity contribution >= 4 is 0 Å². The predicted molar refractivity (Wildman–Crippen MR) is 77.9 cm³/mol. The molecule has 0 saturated heterocycles. The largest absolute Gasteiger partial charge is 0.377 e. The fraction of sp³-hybridized carbons (Fsp3) is 0.625. The lowest BCUT2D eigenvalue weighted by Gasteiger charge is -2.06. The van der Waals surface area contributed by atoms with Crippen molar-refractivity contribution in [3.05, 3.63) is 35.4 Å². The van der Waals surface area contributed by atoms with Gasteiger partial charge in [-0.1, -0.05) is 51.0 Å². The maximum atomic E-state index is 5.65. The van der Waals surface area contributed by atoms with E-state index in [-0.39, 0.29) is 0 Å². The molecule has 0 aliphatic heterocycles. The molecule has 1 N–H and O–H groups in total. The minimum absolute atomic E-state index is 0.747. The molecule has 2 heteroatoms. The van der Waals surface area contributed by atoms with Gasteiger partial charge in [-0.2, -0.15) is 0 Å². The molecule has 0 heterocycles. The van der Waals surface area contributed by atoms with E-state index in [2.05, 4.69) is 43.4 Å². The van der Waals surface area contributed by atoms with Gasteiger partial charge in [-0.15, -0.1) is 0 Å². The molecule has 1 aromatic carbocycles. The zero-order valence-electron chi connectivity index (χ0n) is 11.9. The summed E-state index contributed by atoms with van der Waals surface area (Å²) in [5, 5.41) is 3.34. The molecular weight excluding hydrogens is 222 g/mol.